The average Bonchev–Trinajstić information content (AvgIpc) is 2.82. The largest absolute Gasteiger partial charge is 0.339 e. The van der Waals surface area contributed by atoms with Crippen molar-refractivity contribution in [3.05, 3.63) is 24.4 Å². The zero-order valence-corrected chi connectivity index (χ0v) is 12.0. The highest BCUT2D eigenvalue weighted by Crippen LogP contribution is 2.19. The normalized spacial score (nSPS) is 12.0. The first-order valence-electron chi connectivity index (χ1n) is 6.82. The molecular formula is C14H23N5. The number of aromatic nitrogens is 3. The van der Waals surface area contributed by atoms with Gasteiger partial charge in [-0.3, -0.25) is 0 Å². The molecule has 0 spiro atoms. The van der Waals surface area contributed by atoms with Crippen LogP contribution in [-0.2, 0) is 0 Å². The number of hydrogen-bond donors (Lipinski definition) is 1. The highest BCUT2D eigenvalue weighted by molar-refractivity contribution is 5.44. The van der Waals surface area contributed by atoms with Crippen molar-refractivity contribution < 1.29 is 0 Å². The Bertz CT molecular complexity index is 498. The third kappa shape index (κ3) is 3.23. The maximum absolute atomic E-state index is 5.83. The van der Waals surface area contributed by atoms with Crippen LogP contribution >= 0.6 is 0 Å². The minimum Gasteiger partial charge on any atom is -0.339 e. The summed E-state index contributed by atoms with van der Waals surface area (Å²) >= 11 is 0. The lowest BCUT2D eigenvalue weighted by Gasteiger charge is -2.30. The maximum atomic E-state index is 5.83. The van der Waals surface area contributed by atoms with Gasteiger partial charge >= 0.3 is 0 Å². The van der Waals surface area contributed by atoms with Crippen molar-refractivity contribution in [1.82, 2.24) is 14.6 Å². The highest BCUT2D eigenvalue weighted by Gasteiger charge is 2.22. The summed E-state index contributed by atoms with van der Waals surface area (Å²) in [6, 6.07) is 5.90. The third-order valence-electron chi connectivity index (χ3n) is 3.18. The van der Waals surface area contributed by atoms with Gasteiger partial charge in [-0.25, -0.2) is 4.52 Å². The van der Waals surface area contributed by atoms with Gasteiger partial charge in [0.05, 0.1) is 0 Å². The van der Waals surface area contributed by atoms with Crippen LogP contribution in [-0.4, -0.2) is 34.2 Å². The zero-order chi connectivity index (χ0) is 13.9. The molecule has 0 radical (unpaired) electrons. The number of hydrogen-bond acceptors (Lipinski definition) is 4. The summed E-state index contributed by atoms with van der Waals surface area (Å²) in [4.78, 5) is 6.81. The van der Waals surface area contributed by atoms with Crippen molar-refractivity contribution in [2.45, 2.75) is 27.2 Å². The van der Waals surface area contributed by atoms with E-state index in [1.54, 1.807) is 0 Å². The predicted octanol–water partition coefficient (Wildman–Crippen LogP) is 1.93. The third-order valence-corrected chi connectivity index (χ3v) is 3.18. The SMILES string of the molecule is CCCN(CC(C)(C)CN)c1nc2ccccn2n1. The molecule has 2 N–H and O–H groups in total. The van der Waals surface area contributed by atoms with Crippen molar-refractivity contribution in [2.75, 3.05) is 24.5 Å². The van der Waals surface area contributed by atoms with Crippen molar-refractivity contribution in [2.24, 2.45) is 11.1 Å². The fourth-order valence-electron chi connectivity index (χ4n) is 2.05. The summed E-state index contributed by atoms with van der Waals surface area (Å²) in [5.41, 5.74) is 6.77. The van der Waals surface area contributed by atoms with Gasteiger partial charge in [-0.15, -0.1) is 5.10 Å². The smallest absolute Gasteiger partial charge is 0.245 e. The van der Waals surface area contributed by atoms with Crippen molar-refractivity contribution in [3.63, 3.8) is 0 Å². The molecule has 0 bridgehead atoms. The van der Waals surface area contributed by atoms with Crippen molar-refractivity contribution in [3.8, 4) is 0 Å². The Kier molecular flexibility index (Phi) is 4.04. The summed E-state index contributed by atoms with van der Waals surface area (Å²) in [5, 5.41) is 4.54. The number of pyridine rings is 1. The highest BCUT2D eigenvalue weighted by atomic mass is 15.4. The molecule has 104 valence electrons. The molecule has 0 saturated heterocycles. The molecule has 2 rings (SSSR count). The summed E-state index contributed by atoms with van der Waals surface area (Å²) in [7, 11) is 0. The molecule has 0 fully saturated rings. The van der Waals surface area contributed by atoms with E-state index in [1.807, 2.05) is 28.9 Å². The van der Waals surface area contributed by atoms with Crippen LogP contribution in [0.4, 0.5) is 5.95 Å². The van der Waals surface area contributed by atoms with Crippen LogP contribution in [0.15, 0.2) is 24.4 Å². The molecule has 5 nitrogen and oxygen atoms in total. The lowest BCUT2D eigenvalue weighted by atomic mass is 9.93. The summed E-state index contributed by atoms with van der Waals surface area (Å²) < 4.78 is 1.81. The Labute approximate surface area is 114 Å². The fourth-order valence-corrected chi connectivity index (χ4v) is 2.05. The number of nitrogens with zero attached hydrogens (tertiary/aromatic N) is 4. The van der Waals surface area contributed by atoms with E-state index in [4.69, 9.17) is 5.73 Å². The van der Waals surface area contributed by atoms with Crippen LogP contribution in [0.3, 0.4) is 0 Å². The summed E-state index contributed by atoms with van der Waals surface area (Å²) in [6.07, 6.45) is 2.99. The number of fused-ring (bicyclic) bond motifs is 1. The van der Waals surface area contributed by atoms with E-state index in [9.17, 15) is 0 Å². The summed E-state index contributed by atoms with van der Waals surface area (Å²) in [6.45, 7) is 8.98. The Hall–Kier alpha value is -1.62. The van der Waals surface area contributed by atoms with Gasteiger partial charge in [0.25, 0.3) is 0 Å². The molecule has 0 atom stereocenters. The molecule has 2 heterocycles. The second-order valence-corrected chi connectivity index (χ2v) is 5.71. The topological polar surface area (TPSA) is 59.5 Å². The molecule has 0 aliphatic heterocycles. The molecule has 0 aliphatic rings. The number of rotatable bonds is 6. The van der Waals surface area contributed by atoms with Gasteiger partial charge in [-0.1, -0.05) is 26.8 Å². The molecule has 2 aromatic heterocycles. The quantitative estimate of drug-likeness (QED) is 0.863. The van der Waals surface area contributed by atoms with Crippen LogP contribution in [0.1, 0.15) is 27.2 Å². The van der Waals surface area contributed by atoms with Gasteiger partial charge in [0.15, 0.2) is 5.65 Å². The molecule has 0 amide bonds. The lowest BCUT2D eigenvalue weighted by Crippen LogP contribution is -2.39. The Morgan fingerprint density at radius 1 is 1.37 bits per heavy atom. The minimum atomic E-state index is 0.0622. The van der Waals surface area contributed by atoms with Crippen molar-refractivity contribution in [1.29, 1.82) is 0 Å². The predicted molar refractivity (Wildman–Crippen MR) is 78.3 cm³/mol. The van der Waals surface area contributed by atoms with Crippen LogP contribution in [0.25, 0.3) is 5.65 Å². The van der Waals surface area contributed by atoms with Crippen LogP contribution in [0, 0.1) is 5.41 Å². The second kappa shape index (κ2) is 5.57. The molecule has 0 saturated carbocycles. The van der Waals surface area contributed by atoms with Crippen LogP contribution < -0.4 is 10.6 Å². The molecule has 0 aliphatic carbocycles. The standard InChI is InChI=1S/C14H23N5/c1-4-8-18(11-14(2,3)10-15)13-16-12-7-5-6-9-19(12)17-13/h5-7,9H,4,8,10-11,15H2,1-3H3. The Morgan fingerprint density at radius 2 is 2.16 bits per heavy atom. The maximum Gasteiger partial charge on any atom is 0.245 e. The number of anilines is 1. The van der Waals surface area contributed by atoms with E-state index in [0.717, 1.165) is 31.1 Å². The monoisotopic (exact) mass is 261 g/mol. The van der Waals surface area contributed by atoms with Gasteiger partial charge in [0, 0.05) is 19.3 Å². The molecule has 0 unspecified atom stereocenters. The first-order valence-corrected chi connectivity index (χ1v) is 6.82. The van der Waals surface area contributed by atoms with E-state index in [-0.39, 0.29) is 5.41 Å². The van der Waals surface area contributed by atoms with E-state index in [2.05, 4.69) is 35.8 Å². The van der Waals surface area contributed by atoms with Gasteiger partial charge in [-0.2, -0.15) is 4.98 Å². The van der Waals surface area contributed by atoms with E-state index >= 15 is 0 Å². The second-order valence-electron chi connectivity index (χ2n) is 5.71. The fraction of sp³-hybridized carbons (Fsp3) is 0.571. The first-order chi connectivity index (χ1) is 9.05. The van der Waals surface area contributed by atoms with Gasteiger partial charge in [-0.05, 0) is 30.5 Å². The summed E-state index contributed by atoms with van der Waals surface area (Å²) in [5.74, 6) is 0.787. The van der Waals surface area contributed by atoms with E-state index in [0.29, 0.717) is 6.54 Å². The minimum absolute atomic E-state index is 0.0622. The molecule has 5 heteroatoms. The molecule has 19 heavy (non-hydrogen) atoms. The van der Waals surface area contributed by atoms with Gasteiger partial charge in [0.1, 0.15) is 0 Å². The Balaban J connectivity index is 2.27. The van der Waals surface area contributed by atoms with Gasteiger partial charge < -0.3 is 10.6 Å². The Morgan fingerprint density at radius 3 is 2.79 bits per heavy atom. The lowest BCUT2D eigenvalue weighted by molar-refractivity contribution is 0.375. The van der Waals surface area contributed by atoms with E-state index in [1.165, 1.54) is 0 Å². The van der Waals surface area contributed by atoms with Gasteiger partial charge in [0.2, 0.25) is 5.95 Å². The zero-order valence-electron chi connectivity index (χ0n) is 12.0. The molecule has 0 aromatic carbocycles. The first kappa shape index (κ1) is 13.8. The van der Waals surface area contributed by atoms with Crippen molar-refractivity contribution >= 4 is 11.6 Å². The average molecular weight is 261 g/mol. The molecular weight excluding hydrogens is 238 g/mol. The molecule has 2 aromatic rings. The van der Waals surface area contributed by atoms with Crippen LogP contribution in [0.2, 0.25) is 0 Å². The number of nitrogens with two attached hydrogens (primary N) is 1. The van der Waals surface area contributed by atoms with E-state index < -0.39 is 0 Å². The van der Waals surface area contributed by atoms with Crippen LogP contribution in [0.5, 0.6) is 0 Å².